The number of para-hydroxylation sites is 1. The second-order valence-corrected chi connectivity index (χ2v) is 5.56. The van der Waals surface area contributed by atoms with Gasteiger partial charge in [-0.05, 0) is 6.07 Å². The molecule has 1 aliphatic heterocycles. The summed E-state index contributed by atoms with van der Waals surface area (Å²) in [5.74, 6) is -0.220. The van der Waals surface area contributed by atoms with Gasteiger partial charge in [0.25, 0.3) is 5.91 Å². The molecule has 1 amide bonds. The van der Waals surface area contributed by atoms with Gasteiger partial charge in [0, 0.05) is 12.4 Å². The van der Waals surface area contributed by atoms with Crippen LogP contribution in [0, 0.1) is 0 Å². The van der Waals surface area contributed by atoms with Crippen LogP contribution in [-0.4, -0.2) is 43.4 Å². The lowest BCUT2D eigenvalue weighted by Crippen LogP contribution is -2.23. The van der Waals surface area contributed by atoms with Gasteiger partial charge in [0.2, 0.25) is 0 Å². The van der Waals surface area contributed by atoms with Crippen molar-refractivity contribution < 1.29 is 9.53 Å². The minimum atomic E-state index is -0.220. The highest BCUT2D eigenvalue weighted by Crippen LogP contribution is 2.17. The number of nitrogens with zero attached hydrogens (tertiary/aromatic N) is 5. The van der Waals surface area contributed by atoms with E-state index < -0.39 is 0 Å². The van der Waals surface area contributed by atoms with Crippen LogP contribution >= 0.6 is 0 Å². The van der Waals surface area contributed by atoms with Gasteiger partial charge in [0.15, 0.2) is 5.69 Å². The van der Waals surface area contributed by atoms with E-state index in [-0.39, 0.29) is 12.0 Å². The summed E-state index contributed by atoms with van der Waals surface area (Å²) in [7, 11) is 1.82. The molecule has 1 N–H and O–H groups in total. The number of rotatable bonds is 5. The summed E-state index contributed by atoms with van der Waals surface area (Å²) >= 11 is 0. The number of hydrogen-bond acceptors (Lipinski definition) is 5. The van der Waals surface area contributed by atoms with Crippen LogP contribution in [0.1, 0.15) is 16.2 Å². The largest absolute Gasteiger partial charge is 0.371 e. The fourth-order valence-corrected chi connectivity index (χ4v) is 2.53. The van der Waals surface area contributed by atoms with Gasteiger partial charge in [-0.25, -0.2) is 4.68 Å². The highest BCUT2D eigenvalue weighted by Gasteiger charge is 2.23. The Labute approximate surface area is 132 Å². The smallest absolute Gasteiger partial charge is 0.272 e. The zero-order valence-electron chi connectivity index (χ0n) is 12.6. The zero-order valence-corrected chi connectivity index (χ0v) is 12.6. The molecule has 2 aromatic heterocycles. The molecule has 118 valence electrons. The van der Waals surface area contributed by atoms with E-state index >= 15 is 0 Å². The van der Waals surface area contributed by atoms with Gasteiger partial charge < -0.3 is 10.1 Å². The van der Waals surface area contributed by atoms with E-state index in [9.17, 15) is 4.79 Å². The van der Waals surface area contributed by atoms with Crippen molar-refractivity contribution in [2.75, 3.05) is 6.61 Å². The number of nitrogens with one attached hydrogen (secondary N) is 1. The number of epoxide rings is 1. The number of carbonyl (C=O) groups excluding carboxylic acids is 1. The molecule has 1 saturated heterocycles. The van der Waals surface area contributed by atoms with Crippen LogP contribution in [0.2, 0.25) is 0 Å². The average molecular weight is 312 g/mol. The first kappa shape index (κ1) is 13.9. The van der Waals surface area contributed by atoms with Crippen LogP contribution in [-0.2, 0) is 24.9 Å². The maximum absolute atomic E-state index is 12.4. The van der Waals surface area contributed by atoms with Crippen LogP contribution in [0.3, 0.4) is 0 Å². The van der Waals surface area contributed by atoms with Gasteiger partial charge in [-0.1, -0.05) is 23.4 Å². The van der Waals surface area contributed by atoms with Gasteiger partial charge in [0.05, 0.1) is 31.4 Å². The first-order valence-electron chi connectivity index (χ1n) is 7.41. The van der Waals surface area contributed by atoms with E-state index in [1.54, 1.807) is 9.36 Å². The molecule has 8 heteroatoms. The van der Waals surface area contributed by atoms with Crippen molar-refractivity contribution in [2.24, 2.45) is 7.05 Å². The molecule has 23 heavy (non-hydrogen) atoms. The van der Waals surface area contributed by atoms with Gasteiger partial charge in [-0.15, -0.1) is 5.10 Å². The predicted octanol–water partition coefficient (Wildman–Crippen LogP) is 0.494. The van der Waals surface area contributed by atoms with Crippen LogP contribution < -0.4 is 5.32 Å². The van der Waals surface area contributed by atoms with Gasteiger partial charge in [-0.3, -0.25) is 9.48 Å². The number of benzene rings is 1. The van der Waals surface area contributed by atoms with Crippen molar-refractivity contribution in [1.29, 1.82) is 0 Å². The summed E-state index contributed by atoms with van der Waals surface area (Å²) in [6, 6.07) is 7.65. The fourth-order valence-electron chi connectivity index (χ4n) is 2.53. The quantitative estimate of drug-likeness (QED) is 0.693. The second-order valence-electron chi connectivity index (χ2n) is 5.56. The zero-order chi connectivity index (χ0) is 15.8. The third-order valence-electron chi connectivity index (χ3n) is 3.78. The molecule has 1 aliphatic rings. The number of aromatic nitrogens is 5. The van der Waals surface area contributed by atoms with Crippen LogP contribution in [0.5, 0.6) is 0 Å². The van der Waals surface area contributed by atoms with Crippen LogP contribution in [0.25, 0.3) is 10.9 Å². The molecule has 0 aliphatic carbocycles. The molecule has 8 nitrogen and oxygen atoms in total. The monoisotopic (exact) mass is 312 g/mol. The molecule has 4 rings (SSSR count). The normalized spacial score (nSPS) is 16.7. The van der Waals surface area contributed by atoms with E-state index in [1.165, 1.54) is 0 Å². The van der Waals surface area contributed by atoms with Crippen LogP contribution in [0.15, 0.2) is 30.5 Å². The SMILES string of the molecule is Cn1nc(C(=O)NCc2cn(C[C@@H]3CO3)nn2)c2ccccc21. The van der Waals surface area contributed by atoms with E-state index in [2.05, 4.69) is 20.7 Å². The van der Waals surface area contributed by atoms with Gasteiger partial charge in [-0.2, -0.15) is 5.10 Å². The van der Waals surface area contributed by atoms with E-state index in [1.807, 2.05) is 37.5 Å². The highest BCUT2D eigenvalue weighted by atomic mass is 16.6. The number of carbonyl (C=O) groups is 1. The highest BCUT2D eigenvalue weighted by molar-refractivity contribution is 6.04. The minimum absolute atomic E-state index is 0.220. The Balaban J connectivity index is 1.45. The average Bonchev–Trinajstić information content (AvgIpc) is 3.15. The molecule has 0 unspecified atom stereocenters. The predicted molar refractivity (Wildman–Crippen MR) is 81.6 cm³/mol. The molecule has 3 heterocycles. The molecule has 0 radical (unpaired) electrons. The number of aryl methyl sites for hydroxylation is 1. The maximum atomic E-state index is 12.4. The first-order chi connectivity index (χ1) is 11.2. The fraction of sp³-hybridized carbons (Fsp3) is 0.333. The summed E-state index contributed by atoms with van der Waals surface area (Å²) < 4.78 is 8.59. The molecule has 1 aromatic carbocycles. The lowest BCUT2D eigenvalue weighted by molar-refractivity contribution is 0.0946. The Morgan fingerprint density at radius 2 is 2.26 bits per heavy atom. The van der Waals surface area contributed by atoms with E-state index in [0.29, 0.717) is 24.5 Å². The maximum Gasteiger partial charge on any atom is 0.272 e. The topological polar surface area (TPSA) is 90.2 Å². The second kappa shape index (κ2) is 5.47. The third kappa shape index (κ3) is 2.80. The van der Waals surface area contributed by atoms with Crippen molar-refractivity contribution in [3.05, 3.63) is 41.9 Å². The Hall–Kier alpha value is -2.74. The van der Waals surface area contributed by atoms with E-state index in [0.717, 1.165) is 17.5 Å². The lowest BCUT2D eigenvalue weighted by atomic mass is 10.2. The molecule has 0 saturated carbocycles. The molecule has 1 atom stereocenters. The summed E-state index contributed by atoms with van der Waals surface area (Å²) in [5.41, 5.74) is 2.05. The third-order valence-corrected chi connectivity index (χ3v) is 3.78. The number of ether oxygens (including phenoxy) is 1. The summed E-state index contributed by atoms with van der Waals surface area (Å²) in [6.45, 7) is 1.79. The molecule has 0 bridgehead atoms. The van der Waals surface area contributed by atoms with Gasteiger partial charge in [0.1, 0.15) is 11.8 Å². The van der Waals surface area contributed by atoms with Crippen molar-refractivity contribution in [2.45, 2.75) is 19.2 Å². The van der Waals surface area contributed by atoms with Gasteiger partial charge >= 0.3 is 0 Å². The van der Waals surface area contributed by atoms with Crippen LogP contribution in [0.4, 0.5) is 0 Å². The molecular weight excluding hydrogens is 296 g/mol. The molecule has 1 fully saturated rings. The Bertz CT molecular complexity index is 864. The minimum Gasteiger partial charge on any atom is -0.371 e. The first-order valence-corrected chi connectivity index (χ1v) is 7.41. The molecular formula is C15H16N6O2. The summed E-state index contributed by atoms with van der Waals surface area (Å²) in [6.07, 6.45) is 2.07. The molecule has 3 aromatic rings. The summed E-state index contributed by atoms with van der Waals surface area (Å²) in [5, 5.41) is 16.0. The van der Waals surface area contributed by atoms with Crippen molar-refractivity contribution in [3.63, 3.8) is 0 Å². The summed E-state index contributed by atoms with van der Waals surface area (Å²) in [4.78, 5) is 12.4. The van der Waals surface area contributed by atoms with E-state index in [4.69, 9.17) is 4.74 Å². The number of fused-ring (bicyclic) bond motifs is 1. The Morgan fingerprint density at radius 1 is 1.43 bits per heavy atom. The Kier molecular flexibility index (Phi) is 3.30. The lowest BCUT2D eigenvalue weighted by Gasteiger charge is -2.00. The molecule has 0 spiro atoms. The van der Waals surface area contributed by atoms with Crippen molar-refractivity contribution >= 4 is 16.8 Å². The number of amides is 1. The Morgan fingerprint density at radius 3 is 3.09 bits per heavy atom. The van der Waals surface area contributed by atoms with Crippen molar-refractivity contribution in [1.82, 2.24) is 30.1 Å². The van der Waals surface area contributed by atoms with Crippen molar-refractivity contribution in [3.8, 4) is 0 Å². The number of hydrogen-bond donors (Lipinski definition) is 1. The standard InChI is InChI=1S/C15H16N6O2/c1-20-13-5-3-2-4-12(13)14(18-20)15(22)16-6-10-7-21(19-17-10)8-11-9-23-11/h2-5,7,11H,6,8-9H2,1H3,(H,16,22)/t11-/m1/s1.